The van der Waals surface area contributed by atoms with E-state index in [1.807, 2.05) is 15.3 Å². The fraction of sp³-hybridized carbons (Fsp3) is 0.286. The van der Waals surface area contributed by atoms with Crippen molar-refractivity contribution in [2.45, 2.75) is 19.5 Å². The lowest BCUT2D eigenvalue weighted by molar-refractivity contribution is 0.572. The lowest BCUT2D eigenvalue weighted by Gasteiger charge is -2.09. The molecule has 0 fully saturated rings. The van der Waals surface area contributed by atoms with Crippen LogP contribution < -0.4 is 0 Å². The van der Waals surface area contributed by atoms with E-state index in [1.54, 1.807) is 18.6 Å². The van der Waals surface area contributed by atoms with Gasteiger partial charge in [-0.25, -0.2) is 14.4 Å². The average Bonchev–Trinajstić information content (AvgIpc) is 3.06. The lowest BCUT2D eigenvalue weighted by Crippen LogP contribution is -2.10. The zero-order valence-corrected chi connectivity index (χ0v) is 12.6. The van der Waals surface area contributed by atoms with Crippen molar-refractivity contribution in [3.63, 3.8) is 0 Å². The van der Waals surface area contributed by atoms with Gasteiger partial charge in [-0.05, 0) is 6.07 Å². The van der Waals surface area contributed by atoms with Gasteiger partial charge in [-0.1, -0.05) is 11.6 Å². The van der Waals surface area contributed by atoms with Gasteiger partial charge in [0.25, 0.3) is 0 Å². The smallest absolute Gasteiger partial charge is 0.144 e. The molecule has 0 unspecified atom stereocenters. The van der Waals surface area contributed by atoms with Gasteiger partial charge in [0.15, 0.2) is 0 Å². The summed E-state index contributed by atoms with van der Waals surface area (Å²) < 4.78 is 17.6. The van der Waals surface area contributed by atoms with Crippen molar-refractivity contribution in [3.8, 4) is 0 Å². The van der Waals surface area contributed by atoms with Crippen molar-refractivity contribution in [1.29, 1.82) is 0 Å². The number of aryl methyl sites for hydroxylation is 3. The lowest BCUT2D eigenvalue weighted by atomic mass is 10.3. The molecule has 0 saturated heterocycles. The van der Waals surface area contributed by atoms with E-state index < -0.39 is 5.82 Å². The number of alkyl halides is 1. The molecule has 3 rings (SSSR count). The number of imidazole rings is 2. The molecule has 3 aromatic rings. The highest BCUT2D eigenvalue weighted by Gasteiger charge is 2.13. The summed E-state index contributed by atoms with van der Waals surface area (Å²) in [6.07, 6.45) is 6.01. The van der Waals surface area contributed by atoms with Gasteiger partial charge in [0.2, 0.25) is 0 Å². The molecule has 0 aliphatic carbocycles. The Kier molecular flexibility index (Phi) is 4.12. The summed E-state index contributed by atoms with van der Waals surface area (Å²) in [5.74, 6) is 0.840. The van der Waals surface area contributed by atoms with Crippen LogP contribution in [0.2, 0.25) is 5.02 Å². The summed E-state index contributed by atoms with van der Waals surface area (Å²) in [6.45, 7) is 1.44. The van der Waals surface area contributed by atoms with E-state index in [4.69, 9.17) is 23.2 Å². The van der Waals surface area contributed by atoms with E-state index in [0.717, 1.165) is 17.9 Å². The Balaban J connectivity index is 2.00. The van der Waals surface area contributed by atoms with Crippen LogP contribution in [0.4, 0.5) is 4.39 Å². The average molecular weight is 327 g/mol. The number of nitrogens with zero attached hydrogens (tertiary/aromatic N) is 4. The molecule has 2 heterocycles. The van der Waals surface area contributed by atoms with Crippen molar-refractivity contribution < 1.29 is 4.39 Å². The van der Waals surface area contributed by atoms with Gasteiger partial charge >= 0.3 is 0 Å². The molecular formula is C14H13Cl2FN4. The molecule has 0 atom stereocenters. The summed E-state index contributed by atoms with van der Waals surface area (Å²) >= 11 is 11.7. The summed E-state index contributed by atoms with van der Waals surface area (Å²) in [5.41, 5.74) is 1.42. The van der Waals surface area contributed by atoms with E-state index in [0.29, 0.717) is 24.4 Å². The molecule has 7 heteroatoms. The van der Waals surface area contributed by atoms with Crippen molar-refractivity contribution in [1.82, 2.24) is 19.1 Å². The van der Waals surface area contributed by atoms with Crippen LogP contribution in [-0.4, -0.2) is 25.0 Å². The molecule has 0 bridgehead atoms. The number of aromatic nitrogens is 4. The SMILES string of the molecule is Fc1cc2nc(CCCl)n(CCn3ccnc3)c2cc1Cl. The first-order chi connectivity index (χ1) is 10.2. The second kappa shape index (κ2) is 6.03. The Hall–Kier alpha value is -1.59. The van der Waals surface area contributed by atoms with Gasteiger partial charge in [0.1, 0.15) is 11.6 Å². The normalized spacial score (nSPS) is 11.4. The fourth-order valence-electron chi connectivity index (χ4n) is 2.33. The highest BCUT2D eigenvalue weighted by molar-refractivity contribution is 6.31. The largest absolute Gasteiger partial charge is 0.336 e. The van der Waals surface area contributed by atoms with Crippen molar-refractivity contribution in [2.75, 3.05) is 5.88 Å². The standard InChI is InChI=1S/C14H13Cl2FN4/c15-2-1-14-19-12-8-11(17)10(16)7-13(12)21(14)6-5-20-4-3-18-9-20/h3-4,7-9H,1-2,5-6H2. The topological polar surface area (TPSA) is 35.6 Å². The minimum Gasteiger partial charge on any atom is -0.336 e. The van der Waals surface area contributed by atoms with E-state index >= 15 is 0 Å². The Morgan fingerprint density at radius 2 is 2.10 bits per heavy atom. The number of hydrogen-bond donors (Lipinski definition) is 0. The molecule has 0 spiro atoms. The molecule has 110 valence electrons. The van der Waals surface area contributed by atoms with E-state index in [-0.39, 0.29) is 5.02 Å². The van der Waals surface area contributed by atoms with Crippen LogP contribution in [0.25, 0.3) is 11.0 Å². The molecule has 0 aliphatic heterocycles. The van der Waals surface area contributed by atoms with E-state index in [2.05, 4.69) is 9.97 Å². The molecule has 0 aliphatic rings. The third kappa shape index (κ3) is 2.89. The van der Waals surface area contributed by atoms with Crippen LogP contribution in [0.1, 0.15) is 5.82 Å². The molecule has 0 saturated carbocycles. The Morgan fingerprint density at radius 1 is 1.24 bits per heavy atom. The molecule has 0 amide bonds. The fourth-order valence-corrected chi connectivity index (χ4v) is 2.66. The van der Waals surface area contributed by atoms with Crippen LogP contribution >= 0.6 is 23.2 Å². The second-order valence-corrected chi connectivity index (χ2v) is 5.46. The number of benzene rings is 1. The second-order valence-electron chi connectivity index (χ2n) is 4.67. The van der Waals surface area contributed by atoms with Gasteiger partial charge in [0, 0.05) is 43.9 Å². The molecule has 4 nitrogen and oxygen atoms in total. The minimum absolute atomic E-state index is 0.101. The number of halogens is 3. The van der Waals surface area contributed by atoms with Crippen LogP contribution in [0.3, 0.4) is 0 Å². The maximum absolute atomic E-state index is 13.6. The van der Waals surface area contributed by atoms with Crippen molar-refractivity contribution >= 4 is 34.2 Å². The molecule has 0 N–H and O–H groups in total. The highest BCUT2D eigenvalue weighted by atomic mass is 35.5. The molecule has 0 radical (unpaired) electrons. The van der Waals surface area contributed by atoms with Crippen molar-refractivity contribution in [3.05, 3.63) is 47.5 Å². The first kappa shape index (κ1) is 14.4. The highest BCUT2D eigenvalue weighted by Crippen LogP contribution is 2.24. The molecular weight excluding hydrogens is 314 g/mol. The van der Waals surface area contributed by atoms with E-state index in [1.165, 1.54) is 6.07 Å². The number of fused-ring (bicyclic) bond motifs is 1. The Morgan fingerprint density at radius 3 is 2.81 bits per heavy atom. The van der Waals surface area contributed by atoms with Gasteiger partial charge in [-0.15, -0.1) is 11.6 Å². The molecule has 2 aromatic heterocycles. The monoisotopic (exact) mass is 326 g/mol. The Bertz CT molecular complexity index is 752. The summed E-state index contributed by atoms with van der Waals surface area (Å²) in [5, 5.41) is 0.101. The van der Waals surface area contributed by atoms with Crippen LogP contribution in [-0.2, 0) is 19.5 Å². The third-order valence-corrected chi connectivity index (χ3v) is 3.81. The summed E-state index contributed by atoms with van der Waals surface area (Å²) in [7, 11) is 0. The number of rotatable bonds is 5. The van der Waals surface area contributed by atoms with E-state index in [9.17, 15) is 4.39 Å². The van der Waals surface area contributed by atoms with Gasteiger partial charge < -0.3 is 9.13 Å². The minimum atomic E-state index is -0.458. The third-order valence-electron chi connectivity index (χ3n) is 3.33. The predicted octanol–water partition coefficient (Wildman–Crippen LogP) is 3.51. The van der Waals surface area contributed by atoms with Crippen LogP contribution in [0, 0.1) is 5.82 Å². The van der Waals surface area contributed by atoms with Crippen LogP contribution in [0.5, 0.6) is 0 Å². The summed E-state index contributed by atoms with van der Waals surface area (Å²) in [4.78, 5) is 8.47. The van der Waals surface area contributed by atoms with Crippen LogP contribution in [0.15, 0.2) is 30.9 Å². The maximum Gasteiger partial charge on any atom is 0.144 e. The van der Waals surface area contributed by atoms with Gasteiger partial charge in [-0.3, -0.25) is 0 Å². The Labute approximate surface area is 131 Å². The van der Waals surface area contributed by atoms with Crippen molar-refractivity contribution in [2.24, 2.45) is 0 Å². The molecule has 1 aromatic carbocycles. The first-order valence-corrected chi connectivity index (χ1v) is 7.46. The van der Waals surface area contributed by atoms with Gasteiger partial charge in [-0.2, -0.15) is 0 Å². The number of hydrogen-bond acceptors (Lipinski definition) is 2. The van der Waals surface area contributed by atoms with Gasteiger partial charge in [0.05, 0.1) is 22.4 Å². The predicted molar refractivity (Wildman–Crippen MR) is 81.4 cm³/mol. The zero-order valence-electron chi connectivity index (χ0n) is 11.1. The molecule has 21 heavy (non-hydrogen) atoms. The quantitative estimate of drug-likeness (QED) is 0.672. The summed E-state index contributed by atoms with van der Waals surface area (Å²) in [6, 6.07) is 2.98. The zero-order chi connectivity index (χ0) is 14.8. The maximum atomic E-state index is 13.6. The first-order valence-electron chi connectivity index (χ1n) is 6.55.